The molecule has 0 atom stereocenters. The van der Waals surface area contributed by atoms with Gasteiger partial charge >= 0.3 is 5.91 Å². The average molecular weight is 341 g/mol. The molecular weight excluding hydrogens is 325 g/mol. The van der Waals surface area contributed by atoms with E-state index in [1.54, 1.807) is 24.3 Å². The van der Waals surface area contributed by atoms with E-state index >= 15 is 0 Å². The number of hydrogen-bond donors (Lipinski definition) is 1. The van der Waals surface area contributed by atoms with Gasteiger partial charge in [0.1, 0.15) is 11.6 Å². The zero-order valence-electron chi connectivity index (χ0n) is 13.5. The number of hydrogen-bond acceptors (Lipinski definition) is 4. The number of para-hydroxylation sites is 2. The van der Waals surface area contributed by atoms with E-state index in [1.807, 2.05) is 6.92 Å². The molecular formula is C19H16FNO4. The first-order valence-corrected chi connectivity index (χ1v) is 7.84. The number of nitrogens with zero attached hydrogens (tertiary/aromatic N) is 1. The Morgan fingerprint density at radius 1 is 1.04 bits per heavy atom. The Labute approximate surface area is 144 Å². The van der Waals surface area contributed by atoms with Gasteiger partial charge in [-0.3, -0.25) is 9.59 Å². The number of aliphatic hydroxyl groups is 1. The highest BCUT2D eigenvalue weighted by atomic mass is 19.1. The summed E-state index contributed by atoms with van der Waals surface area (Å²) in [7, 11) is 0. The van der Waals surface area contributed by atoms with Crippen LogP contribution in [0.1, 0.15) is 18.9 Å². The van der Waals surface area contributed by atoms with E-state index in [-0.39, 0.29) is 16.8 Å². The highest BCUT2D eigenvalue weighted by Gasteiger charge is 2.41. The first-order valence-electron chi connectivity index (χ1n) is 7.84. The number of carbonyl (C=O) groups is 2. The van der Waals surface area contributed by atoms with Crippen molar-refractivity contribution >= 4 is 23.1 Å². The molecule has 25 heavy (non-hydrogen) atoms. The second kappa shape index (κ2) is 6.76. The van der Waals surface area contributed by atoms with Crippen LogP contribution in [0.5, 0.6) is 5.75 Å². The quantitative estimate of drug-likeness (QED) is 0.846. The Hall–Kier alpha value is -3.15. The minimum Gasteiger partial charge on any atom is -0.502 e. The predicted octanol–water partition coefficient (Wildman–Crippen LogP) is 3.46. The molecule has 1 heterocycles. The maximum absolute atomic E-state index is 13.1. The van der Waals surface area contributed by atoms with E-state index in [0.717, 1.165) is 23.5 Å². The molecule has 0 spiro atoms. The largest absolute Gasteiger partial charge is 0.502 e. The molecule has 0 aromatic heterocycles. The third-order valence-corrected chi connectivity index (χ3v) is 3.76. The van der Waals surface area contributed by atoms with Crippen molar-refractivity contribution in [3.8, 4) is 5.75 Å². The third kappa shape index (κ3) is 2.98. The van der Waals surface area contributed by atoms with E-state index in [0.29, 0.717) is 12.4 Å². The molecule has 6 heteroatoms. The second-order valence-electron chi connectivity index (χ2n) is 5.49. The summed E-state index contributed by atoms with van der Waals surface area (Å²) < 4.78 is 18.7. The predicted molar refractivity (Wildman–Crippen MR) is 90.7 cm³/mol. The Morgan fingerprint density at radius 3 is 2.40 bits per heavy atom. The van der Waals surface area contributed by atoms with Crippen molar-refractivity contribution in [1.82, 2.24) is 0 Å². The number of anilines is 1. The van der Waals surface area contributed by atoms with Gasteiger partial charge in [-0.05, 0) is 36.2 Å². The monoisotopic (exact) mass is 341 g/mol. The third-order valence-electron chi connectivity index (χ3n) is 3.76. The summed E-state index contributed by atoms with van der Waals surface area (Å²) >= 11 is 0. The standard InChI is InChI=1S/C19H16FNO4/c1-2-11-25-15-6-4-3-5-14(15)21-18(23)16(17(22)19(21)24)12-7-9-13(20)10-8-12/h3-10,22H,2,11H2,1H3. The van der Waals surface area contributed by atoms with Crippen LogP contribution in [0, 0.1) is 5.82 Å². The number of halogens is 1. The van der Waals surface area contributed by atoms with E-state index in [2.05, 4.69) is 0 Å². The molecule has 0 saturated heterocycles. The number of aliphatic hydroxyl groups excluding tert-OH is 1. The highest BCUT2D eigenvalue weighted by molar-refractivity contribution is 6.45. The summed E-state index contributed by atoms with van der Waals surface area (Å²) in [5.74, 6) is -2.28. The number of amides is 2. The van der Waals surface area contributed by atoms with Gasteiger partial charge in [0.2, 0.25) is 0 Å². The summed E-state index contributed by atoms with van der Waals surface area (Å²) in [4.78, 5) is 26.1. The van der Waals surface area contributed by atoms with Crippen LogP contribution in [0.15, 0.2) is 54.3 Å². The molecule has 2 aromatic rings. The van der Waals surface area contributed by atoms with Crippen LogP contribution >= 0.6 is 0 Å². The summed E-state index contributed by atoms with van der Waals surface area (Å²) in [6, 6.07) is 11.6. The molecule has 0 saturated carbocycles. The van der Waals surface area contributed by atoms with Gasteiger partial charge in [-0.25, -0.2) is 9.29 Å². The fraction of sp³-hybridized carbons (Fsp3) is 0.158. The van der Waals surface area contributed by atoms with Gasteiger partial charge in [-0.1, -0.05) is 31.2 Å². The smallest absolute Gasteiger partial charge is 0.301 e. The molecule has 1 N–H and O–H groups in total. The summed E-state index contributed by atoms with van der Waals surface area (Å²) in [5, 5.41) is 10.2. The lowest BCUT2D eigenvalue weighted by Crippen LogP contribution is -2.32. The van der Waals surface area contributed by atoms with Crippen molar-refractivity contribution in [1.29, 1.82) is 0 Å². The topological polar surface area (TPSA) is 66.8 Å². The van der Waals surface area contributed by atoms with Gasteiger partial charge in [0.15, 0.2) is 5.76 Å². The Bertz CT molecular complexity index is 858. The van der Waals surface area contributed by atoms with E-state index in [1.165, 1.54) is 12.1 Å². The molecule has 2 aromatic carbocycles. The highest BCUT2D eigenvalue weighted by Crippen LogP contribution is 2.36. The normalized spacial score (nSPS) is 14.4. The Morgan fingerprint density at radius 2 is 1.72 bits per heavy atom. The molecule has 2 amide bonds. The van der Waals surface area contributed by atoms with Gasteiger partial charge in [-0.2, -0.15) is 0 Å². The molecule has 0 aliphatic carbocycles. The maximum atomic E-state index is 13.1. The Balaban J connectivity index is 2.01. The van der Waals surface area contributed by atoms with Crippen LogP contribution in [-0.2, 0) is 9.59 Å². The Kier molecular flexibility index (Phi) is 4.52. The van der Waals surface area contributed by atoms with Gasteiger partial charge in [0.05, 0.1) is 17.9 Å². The average Bonchev–Trinajstić information content (AvgIpc) is 2.84. The van der Waals surface area contributed by atoms with Gasteiger partial charge in [0.25, 0.3) is 5.91 Å². The van der Waals surface area contributed by atoms with Crippen LogP contribution in [0.3, 0.4) is 0 Å². The molecule has 1 aliphatic heterocycles. The zero-order valence-corrected chi connectivity index (χ0v) is 13.5. The second-order valence-corrected chi connectivity index (χ2v) is 5.49. The lowest BCUT2D eigenvalue weighted by molar-refractivity contribution is -0.121. The lowest BCUT2D eigenvalue weighted by Gasteiger charge is -2.18. The number of benzene rings is 2. The number of imide groups is 1. The van der Waals surface area contributed by atoms with E-state index < -0.39 is 23.4 Å². The van der Waals surface area contributed by atoms with Crippen molar-refractivity contribution < 1.29 is 23.8 Å². The minimum atomic E-state index is -0.836. The maximum Gasteiger partial charge on any atom is 0.301 e. The number of carbonyl (C=O) groups excluding carboxylic acids is 2. The first kappa shape index (κ1) is 16.7. The molecule has 128 valence electrons. The van der Waals surface area contributed by atoms with E-state index in [9.17, 15) is 19.1 Å². The number of rotatable bonds is 5. The van der Waals surface area contributed by atoms with Gasteiger partial charge < -0.3 is 9.84 Å². The van der Waals surface area contributed by atoms with Crippen molar-refractivity contribution in [2.45, 2.75) is 13.3 Å². The lowest BCUT2D eigenvalue weighted by atomic mass is 10.1. The molecule has 0 radical (unpaired) electrons. The van der Waals surface area contributed by atoms with Crippen LogP contribution in [0.25, 0.3) is 5.57 Å². The fourth-order valence-corrected chi connectivity index (χ4v) is 2.59. The van der Waals surface area contributed by atoms with Crippen molar-refractivity contribution in [2.75, 3.05) is 11.5 Å². The van der Waals surface area contributed by atoms with Crippen molar-refractivity contribution in [3.63, 3.8) is 0 Å². The van der Waals surface area contributed by atoms with Crippen molar-refractivity contribution in [2.24, 2.45) is 0 Å². The summed E-state index contributed by atoms with van der Waals surface area (Å²) in [6.07, 6.45) is 0.764. The number of ether oxygens (including phenoxy) is 1. The molecule has 1 aliphatic rings. The van der Waals surface area contributed by atoms with Crippen molar-refractivity contribution in [3.05, 3.63) is 65.7 Å². The summed E-state index contributed by atoms with van der Waals surface area (Å²) in [6.45, 7) is 2.37. The van der Waals surface area contributed by atoms with Crippen LogP contribution in [-0.4, -0.2) is 23.5 Å². The fourth-order valence-electron chi connectivity index (χ4n) is 2.59. The summed E-state index contributed by atoms with van der Waals surface area (Å²) in [5.41, 5.74) is 0.372. The zero-order chi connectivity index (χ0) is 18.0. The minimum absolute atomic E-state index is 0.157. The molecule has 0 unspecified atom stereocenters. The SMILES string of the molecule is CCCOc1ccccc1N1C(=O)C(O)=C(c2ccc(F)cc2)C1=O. The molecule has 0 bridgehead atoms. The first-order chi connectivity index (χ1) is 12.0. The molecule has 3 rings (SSSR count). The van der Waals surface area contributed by atoms with Gasteiger partial charge in [-0.15, -0.1) is 0 Å². The van der Waals surface area contributed by atoms with Crippen LogP contribution in [0.2, 0.25) is 0 Å². The molecule has 5 nitrogen and oxygen atoms in total. The van der Waals surface area contributed by atoms with Crippen LogP contribution in [0.4, 0.5) is 10.1 Å². The van der Waals surface area contributed by atoms with Crippen LogP contribution < -0.4 is 9.64 Å². The van der Waals surface area contributed by atoms with E-state index in [4.69, 9.17) is 4.74 Å². The molecule has 0 fully saturated rings. The van der Waals surface area contributed by atoms with Gasteiger partial charge in [0, 0.05) is 0 Å².